The first kappa shape index (κ1) is 19.6. The Morgan fingerprint density at radius 3 is 2.30 bits per heavy atom. The Morgan fingerprint density at radius 1 is 1.20 bits per heavy atom. The molecule has 2 N–H and O–H groups in total. The van der Waals surface area contributed by atoms with Crippen LogP contribution in [-0.2, 0) is 12.6 Å². The average Bonchev–Trinajstić information content (AvgIpc) is 3.00. The first-order valence-corrected chi connectivity index (χ1v) is 10.6. The lowest BCUT2D eigenvalue weighted by Gasteiger charge is -2.57. The summed E-state index contributed by atoms with van der Waals surface area (Å²) in [6.45, 7) is 1.77. The fourth-order valence-electron chi connectivity index (χ4n) is 6.81. The van der Waals surface area contributed by atoms with Crippen molar-refractivity contribution < 1.29 is 18.0 Å². The summed E-state index contributed by atoms with van der Waals surface area (Å²) in [6.07, 6.45) is 3.84. The zero-order chi connectivity index (χ0) is 21.3. The summed E-state index contributed by atoms with van der Waals surface area (Å²) in [5.41, 5.74) is 4.66. The Kier molecular flexibility index (Phi) is 4.28. The van der Waals surface area contributed by atoms with E-state index in [1.807, 2.05) is 0 Å². The highest BCUT2D eigenvalue weighted by atomic mass is 19.4. The highest BCUT2D eigenvalue weighted by Gasteiger charge is 2.52. The second-order valence-corrected chi connectivity index (χ2v) is 9.68. The molecule has 0 radical (unpaired) electrons. The predicted molar refractivity (Wildman–Crippen MR) is 104 cm³/mol. The maximum absolute atomic E-state index is 13.8. The largest absolute Gasteiger partial charge is 0.436 e. The number of hydrogen-bond donors (Lipinski definition) is 1. The van der Waals surface area contributed by atoms with Crippen LogP contribution in [0.4, 0.5) is 13.2 Å². The van der Waals surface area contributed by atoms with E-state index in [-0.39, 0.29) is 11.1 Å². The minimum absolute atomic E-state index is 0.0811. The average molecular weight is 418 g/mol. The van der Waals surface area contributed by atoms with Crippen molar-refractivity contribution in [3.05, 3.63) is 40.8 Å². The molecule has 2 aromatic rings. The van der Waals surface area contributed by atoms with Gasteiger partial charge in [0.2, 0.25) is 0 Å². The molecule has 4 bridgehead atoms. The highest BCUT2D eigenvalue weighted by molar-refractivity contribution is 5.95. The SMILES string of the molecule is Cc1cccnc1-n1nc(C(F)(F)F)c(C(N)=O)c1CC12CC3CC(CC(C3)C1)C2. The molecule has 2 aromatic heterocycles. The number of hydrogen-bond acceptors (Lipinski definition) is 3. The molecule has 0 saturated heterocycles. The maximum Gasteiger partial charge on any atom is 0.436 e. The Morgan fingerprint density at radius 2 is 1.80 bits per heavy atom. The van der Waals surface area contributed by atoms with Crippen molar-refractivity contribution >= 4 is 5.91 Å². The number of aromatic nitrogens is 3. The van der Waals surface area contributed by atoms with Crippen molar-refractivity contribution in [2.75, 3.05) is 0 Å². The molecular weight excluding hydrogens is 393 g/mol. The Bertz CT molecular complexity index is 975. The zero-order valence-electron chi connectivity index (χ0n) is 16.9. The molecule has 8 heteroatoms. The van der Waals surface area contributed by atoms with E-state index in [4.69, 9.17) is 5.73 Å². The van der Waals surface area contributed by atoms with Gasteiger partial charge in [-0.2, -0.15) is 18.3 Å². The molecule has 1 amide bonds. The predicted octanol–water partition coefficient (Wildman–Crippen LogP) is 4.45. The van der Waals surface area contributed by atoms with Crippen LogP contribution in [-0.4, -0.2) is 20.7 Å². The van der Waals surface area contributed by atoms with Crippen molar-refractivity contribution in [3.63, 3.8) is 0 Å². The third-order valence-electron chi connectivity index (χ3n) is 7.39. The van der Waals surface area contributed by atoms with E-state index in [0.717, 1.165) is 19.3 Å². The number of amides is 1. The van der Waals surface area contributed by atoms with Crippen LogP contribution in [0.15, 0.2) is 18.3 Å². The Balaban J connectivity index is 1.67. The van der Waals surface area contributed by atoms with Crippen LogP contribution < -0.4 is 5.73 Å². The van der Waals surface area contributed by atoms with E-state index >= 15 is 0 Å². The summed E-state index contributed by atoms with van der Waals surface area (Å²) in [6, 6.07) is 3.50. The van der Waals surface area contributed by atoms with E-state index in [2.05, 4.69) is 10.1 Å². The zero-order valence-corrected chi connectivity index (χ0v) is 16.9. The van der Waals surface area contributed by atoms with Crippen LogP contribution in [0.1, 0.15) is 65.8 Å². The van der Waals surface area contributed by atoms with Gasteiger partial charge >= 0.3 is 6.18 Å². The normalized spacial score (nSPS) is 30.1. The van der Waals surface area contributed by atoms with Crippen molar-refractivity contribution in [2.24, 2.45) is 28.9 Å². The molecule has 0 atom stereocenters. The summed E-state index contributed by atoms with van der Waals surface area (Å²) in [7, 11) is 0. The lowest BCUT2D eigenvalue weighted by Crippen LogP contribution is -2.47. The van der Waals surface area contributed by atoms with E-state index in [1.54, 1.807) is 19.1 Å². The first-order chi connectivity index (χ1) is 14.2. The van der Waals surface area contributed by atoms with Gasteiger partial charge in [-0.15, -0.1) is 0 Å². The third kappa shape index (κ3) is 3.11. The van der Waals surface area contributed by atoms with Gasteiger partial charge in [-0.05, 0) is 86.7 Å². The number of pyridine rings is 1. The number of primary amides is 1. The monoisotopic (exact) mass is 418 g/mol. The van der Waals surface area contributed by atoms with Crippen LogP contribution in [0.2, 0.25) is 0 Å². The number of carbonyl (C=O) groups excluding carboxylic acids is 1. The van der Waals surface area contributed by atoms with E-state index < -0.39 is 23.3 Å². The second kappa shape index (κ2) is 6.56. The standard InChI is InChI=1S/C22H25F3N4O/c1-12-3-2-4-27-20(12)29-16(17(19(26)30)18(28-29)22(23,24)25)11-21-8-13-5-14(9-21)7-15(6-13)10-21/h2-4,13-15H,5-11H2,1H3,(H2,26,30). The van der Waals surface area contributed by atoms with Crippen LogP contribution in [0, 0.1) is 30.1 Å². The molecule has 0 aliphatic heterocycles. The Labute approximate surface area is 172 Å². The van der Waals surface area contributed by atoms with E-state index in [1.165, 1.54) is 30.1 Å². The van der Waals surface area contributed by atoms with Crippen LogP contribution in [0.5, 0.6) is 0 Å². The van der Waals surface area contributed by atoms with Gasteiger partial charge in [-0.3, -0.25) is 4.79 Å². The van der Waals surface area contributed by atoms with Gasteiger partial charge in [0.05, 0.1) is 11.3 Å². The molecule has 4 saturated carbocycles. The minimum atomic E-state index is -4.77. The summed E-state index contributed by atoms with van der Waals surface area (Å²) >= 11 is 0. The number of nitrogens with two attached hydrogens (primary N) is 1. The molecule has 4 fully saturated rings. The second-order valence-electron chi connectivity index (χ2n) is 9.68. The third-order valence-corrected chi connectivity index (χ3v) is 7.39. The van der Waals surface area contributed by atoms with Gasteiger partial charge in [0.25, 0.3) is 5.91 Å². The molecule has 30 heavy (non-hydrogen) atoms. The Hall–Kier alpha value is -2.38. The number of alkyl halides is 3. The number of carbonyl (C=O) groups is 1. The smallest absolute Gasteiger partial charge is 0.365 e. The van der Waals surface area contributed by atoms with Gasteiger partial charge in [0.15, 0.2) is 11.5 Å². The van der Waals surface area contributed by atoms with Crippen molar-refractivity contribution in [1.29, 1.82) is 0 Å². The number of nitrogens with zero attached hydrogens (tertiary/aromatic N) is 3. The van der Waals surface area contributed by atoms with Crippen LogP contribution in [0.3, 0.4) is 0 Å². The fraction of sp³-hybridized carbons (Fsp3) is 0.591. The summed E-state index contributed by atoms with van der Waals surface area (Å²) in [5.74, 6) is 1.16. The lowest BCUT2D eigenvalue weighted by molar-refractivity contribution is -0.141. The topological polar surface area (TPSA) is 73.8 Å². The maximum atomic E-state index is 13.8. The molecule has 6 rings (SSSR count). The van der Waals surface area contributed by atoms with Crippen LogP contribution in [0.25, 0.3) is 5.82 Å². The molecule has 4 aliphatic carbocycles. The molecule has 5 nitrogen and oxygen atoms in total. The van der Waals surface area contributed by atoms with E-state index in [0.29, 0.717) is 35.6 Å². The molecule has 2 heterocycles. The summed E-state index contributed by atoms with van der Waals surface area (Å²) < 4.78 is 42.7. The highest BCUT2D eigenvalue weighted by Crippen LogP contribution is 2.61. The fourth-order valence-corrected chi connectivity index (χ4v) is 6.81. The minimum Gasteiger partial charge on any atom is -0.365 e. The van der Waals surface area contributed by atoms with Crippen molar-refractivity contribution in [3.8, 4) is 5.82 Å². The molecular formula is C22H25F3N4O. The molecule has 0 spiro atoms. The summed E-state index contributed by atoms with van der Waals surface area (Å²) in [4.78, 5) is 16.5. The molecule has 4 aliphatic rings. The molecule has 0 aromatic carbocycles. The van der Waals surface area contributed by atoms with Gasteiger partial charge in [-0.1, -0.05) is 6.07 Å². The van der Waals surface area contributed by atoms with Crippen molar-refractivity contribution in [1.82, 2.24) is 14.8 Å². The lowest BCUT2D eigenvalue weighted by atomic mass is 9.48. The van der Waals surface area contributed by atoms with Gasteiger partial charge in [0, 0.05) is 6.20 Å². The quantitative estimate of drug-likeness (QED) is 0.797. The number of aryl methyl sites for hydroxylation is 1. The molecule has 160 valence electrons. The van der Waals surface area contributed by atoms with Gasteiger partial charge in [-0.25, -0.2) is 9.67 Å². The van der Waals surface area contributed by atoms with Crippen LogP contribution >= 0.6 is 0 Å². The molecule has 0 unspecified atom stereocenters. The van der Waals surface area contributed by atoms with Gasteiger partial charge < -0.3 is 5.73 Å². The number of halogens is 3. The summed E-state index contributed by atoms with van der Waals surface area (Å²) in [5, 5.41) is 3.86. The van der Waals surface area contributed by atoms with Gasteiger partial charge in [0.1, 0.15) is 0 Å². The van der Waals surface area contributed by atoms with Crippen molar-refractivity contribution in [2.45, 2.75) is 58.0 Å². The van der Waals surface area contributed by atoms with E-state index in [9.17, 15) is 18.0 Å². The first-order valence-electron chi connectivity index (χ1n) is 10.6. The number of rotatable bonds is 4.